The number of carbonyl (C=O) groups is 1. The first-order chi connectivity index (χ1) is 5.29. The van der Waals surface area contributed by atoms with Crippen LogP contribution in [-0.2, 0) is 0 Å². The van der Waals surface area contributed by atoms with Crippen molar-refractivity contribution in [3.63, 3.8) is 0 Å². The van der Waals surface area contributed by atoms with E-state index < -0.39 is 6.09 Å². The summed E-state index contributed by atoms with van der Waals surface area (Å²) in [4.78, 5) is 13.2. The highest BCUT2D eigenvalue weighted by Crippen LogP contribution is 2.10. The number of carboxylic acid groups (broad SMARTS) is 1. The van der Waals surface area contributed by atoms with Crippen LogP contribution in [0.2, 0.25) is 0 Å². The molecule has 0 amide bonds. The average molecular weight is 151 g/mol. The molecule has 0 aliphatic rings. The number of fused-ring (bicyclic) bond motifs is 1. The second-order valence-corrected chi connectivity index (χ2v) is 2.13. The molecule has 0 saturated carbocycles. The predicted molar refractivity (Wildman–Crippen MR) is 37.5 cm³/mol. The van der Waals surface area contributed by atoms with Gasteiger partial charge in [-0.05, 0) is 0 Å². The Hall–Kier alpha value is -1.78. The van der Waals surface area contributed by atoms with E-state index in [1.54, 1.807) is 12.4 Å². The summed E-state index contributed by atoms with van der Waals surface area (Å²) in [5.74, 6) is 0. The van der Waals surface area contributed by atoms with E-state index in [9.17, 15) is 4.79 Å². The topological polar surface area (TPSA) is 70.9 Å². The summed E-state index contributed by atoms with van der Waals surface area (Å²) in [5, 5.41) is 13.0. The lowest BCUT2D eigenvalue weighted by Crippen LogP contribution is -2.08. The molecule has 0 aliphatic carbocycles. The Bertz CT molecular complexity index is 401. The van der Waals surface area contributed by atoms with Crippen molar-refractivity contribution in [1.82, 2.24) is 14.8 Å². The first kappa shape index (κ1) is 5.96. The number of rotatable bonds is 0. The smallest absolute Gasteiger partial charge is 0.432 e. The summed E-state index contributed by atoms with van der Waals surface area (Å²) in [6.07, 6.45) is 3.72. The average Bonchev–Trinajstić information content (AvgIpc) is 2.41. The fraction of sp³-hybridized carbons (Fsp3) is 0. The van der Waals surface area contributed by atoms with Gasteiger partial charge in [-0.3, -0.25) is 0 Å². The maximum Gasteiger partial charge on any atom is 0.432 e. The van der Waals surface area contributed by atoms with Gasteiger partial charge < -0.3 is 10.1 Å². The van der Waals surface area contributed by atoms with Crippen LogP contribution in [0.3, 0.4) is 0 Å². The normalized spacial score (nSPS) is 10.5. The van der Waals surface area contributed by atoms with Crippen LogP contribution in [0.1, 0.15) is 0 Å². The minimum atomic E-state index is -1.07. The zero-order valence-corrected chi connectivity index (χ0v) is 5.48. The van der Waals surface area contributed by atoms with E-state index in [1.165, 1.54) is 6.20 Å². The van der Waals surface area contributed by atoms with E-state index in [-0.39, 0.29) is 0 Å². The number of nitrogens with one attached hydrogen (secondary N) is 1. The van der Waals surface area contributed by atoms with Crippen molar-refractivity contribution >= 4 is 17.0 Å². The quantitative estimate of drug-likeness (QED) is 0.587. The van der Waals surface area contributed by atoms with Gasteiger partial charge in [-0.1, -0.05) is 0 Å². The van der Waals surface area contributed by atoms with Gasteiger partial charge in [0.25, 0.3) is 0 Å². The van der Waals surface area contributed by atoms with E-state index in [1.807, 2.05) is 0 Å². The molecule has 0 aromatic carbocycles. The van der Waals surface area contributed by atoms with Gasteiger partial charge >= 0.3 is 6.09 Å². The molecule has 0 spiro atoms. The molecule has 5 nitrogen and oxygen atoms in total. The molecule has 11 heavy (non-hydrogen) atoms. The summed E-state index contributed by atoms with van der Waals surface area (Å²) in [6.45, 7) is 0. The Labute approximate surface area is 61.3 Å². The Morgan fingerprint density at radius 2 is 2.45 bits per heavy atom. The highest BCUT2D eigenvalue weighted by atomic mass is 16.4. The van der Waals surface area contributed by atoms with Gasteiger partial charge in [0.15, 0.2) is 0 Å². The Morgan fingerprint density at radius 1 is 1.64 bits per heavy atom. The fourth-order valence-electron chi connectivity index (χ4n) is 0.989. The van der Waals surface area contributed by atoms with Crippen molar-refractivity contribution in [2.24, 2.45) is 0 Å². The number of aromatic amines is 1. The van der Waals surface area contributed by atoms with E-state index in [2.05, 4.69) is 10.1 Å². The Morgan fingerprint density at radius 3 is 3.18 bits per heavy atom. The lowest BCUT2D eigenvalue weighted by Gasteiger charge is -1.89. The second kappa shape index (κ2) is 1.85. The molecule has 5 heteroatoms. The third-order valence-electron chi connectivity index (χ3n) is 1.48. The molecule has 0 unspecified atom stereocenters. The van der Waals surface area contributed by atoms with Gasteiger partial charge in [-0.25, -0.2) is 4.79 Å². The maximum absolute atomic E-state index is 10.5. The van der Waals surface area contributed by atoms with Gasteiger partial charge in [-0.15, -0.1) is 0 Å². The van der Waals surface area contributed by atoms with Crippen molar-refractivity contribution in [2.75, 3.05) is 0 Å². The Balaban J connectivity index is 2.78. The molecule has 2 aromatic heterocycles. The summed E-state index contributed by atoms with van der Waals surface area (Å²) in [7, 11) is 0. The predicted octanol–water partition coefficient (Wildman–Crippen LogP) is 0.890. The van der Waals surface area contributed by atoms with Crippen LogP contribution in [0.4, 0.5) is 4.79 Å². The number of aromatic nitrogens is 3. The van der Waals surface area contributed by atoms with Crippen molar-refractivity contribution in [2.45, 2.75) is 0 Å². The molecule has 0 bridgehead atoms. The largest absolute Gasteiger partial charge is 0.463 e. The molecule has 0 saturated heterocycles. The lowest BCUT2D eigenvalue weighted by atomic mass is 10.4. The SMILES string of the molecule is O=C(O)n1ncc2c[nH]cc21. The van der Waals surface area contributed by atoms with Crippen molar-refractivity contribution in [3.05, 3.63) is 18.6 Å². The van der Waals surface area contributed by atoms with Crippen LogP contribution >= 0.6 is 0 Å². The van der Waals surface area contributed by atoms with Crippen LogP contribution in [0.15, 0.2) is 18.6 Å². The summed E-state index contributed by atoms with van der Waals surface area (Å²) in [6, 6.07) is 0. The van der Waals surface area contributed by atoms with Gasteiger partial charge in [0.2, 0.25) is 0 Å². The molecular formula is C6H5N3O2. The third kappa shape index (κ3) is 0.706. The molecule has 2 aromatic rings. The van der Waals surface area contributed by atoms with Gasteiger partial charge in [0, 0.05) is 17.8 Å². The first-order valence-corrected chi connectivity index (χ1v) is 3.03. The summed E-state index contributed by atoms with van der Waals surface area (Å²) in [5.41, 5.74) is 0.581. The molecule has 2 heterocycles. The molecule has 0 fully saturated rings. The summed E-state index contributed by atoms with van der Waals surface area (Å²) >= 11 is 0. The fourth-order valence-corrected chi connectivity index (χ4v) is 0.989. The monoisotopic (exact) mass is 151 g/mol. The third-order valence-corrected chi connectivity index (χ3v) is 1.48. The molecular weight excluding hydrogens is 146 g/mol. The van der Waals surface area contributed by atoms with Crippen LogP contribution in [0.5, 0.6) is 0 Å². The number of nitrogens with zero attached hydrogens (tertiary/aromatic N) is 2. The second-order valence-electron chi connectivity index (χ2n) is 2.13. The van der Waals surface area contributed by atoms with Gasteiger partial charge in [0.1, 0.15) is 0 Å². The molecule has 2 N–H and O–H groups in total. The number of hydrogen-bond acceptors (Lipinski definition) is 2. The molecule has 56 valence electrons. The van der Waals surface area contributed by atoms with E-state index in [0.29, 0.717) is 5.52 Å². The zero-order chi connectivity index (χ0) is 7.84. The molecule has 0 radical (unpaired) electrons. The van der Waals surface area contributed by atoms with E-state index in [0.717, 1.165) is 10.1 Å². The van der Waals surface area contributed by atoms with Crippen LogP contribution in [0, 0.1) is 0 Å². The van der Waals surface area contributed by atoms with Crippen molar-refractivity contribution in [3.8, 4) is 0 Å². The Kier molecular flexibility index (Phi) is 1.00. The number of H-pyrrole nitrogens is 1. The molecule has 0 atom stereocenters. The maximum atomic E-state index is 10.5. The van der Waals surface area contributed by atoms with Crippen LogP contribution < -0.4 is 0 Å². The first-order valence-electron chi connectivity index (χ1n) is 3.03. The lowest BCUT2D eigenvalue weighted by molar-refractivity contribution is 0.194. The van der Waals surface area contributed by atoms with Crippen molar-refractivity contribution < 1.29 is 9.90 Å². The highest BCUT2D eigenvalue weighted by molar-refractivity contribution is 5.86. The van der Waals surface area contributed by atoms with E-state index >= 15 is 0 Å². The highest BCUT2D eigenvalue weighted by Gasteiger charge is 2.07. The van der Waals surface area contributed by atoms with Crippen LogP contribution in [0.25, 0.3) is 10.9 Å². The van der Waals surface area contributed by atoms with Gasteiger partial charge in [-0.2, -0.15) is 9.78 Å². The zero-order valence-electron chi connectivity index (χ0n) is 5.48. The molecule has 2 rings (SSSR count). The molecule has 0 aliphatic heterocycles. The standard InChI is InChI=1S/C6H5N3O2/c10-6(11)9-5-3-7-1-4(5)2-8-9/h1-3,7H,(H,10,11). The van der Waals surface area contributed by atoms with E-state index in [4.69, 9.17) is 5.11 Å². The summed E-state index contributed by atoms with van der Waals surface area (Å²) < 4.78 is 0.922. The minimum Gasteiger partial charge on any atom is -0.463 e. The van der Waals surface area contributed by atoms with Gasteiger partial charge in [0.05, 0.1) is 11.7 Å². The van der Waals surface area contributed by atoms with Crippen LogP contribution in [-0.4, -0.2) is 26.0 Å². The number of hydrogen-bond donors (Lipinski definition) is 2. The minimum absolute atomic E-state index is 0.581. The van der Waals surface area contributed by atoms with Crippen molar-refractivity contribution in [1.29, 1.82) is 0 Å².